The van der Waals surface area contributed by atoms with Gasteiger partial charge in [-0.25, -0.2) is 9.97 Å². The fourth-order valence-corrected chi connectivity index (χ4v) is 3.90. The normalized spacial score (nSPS) is 11.2. The number of benzene rings is 1. The van der Waals surface area contributed by atoms with Crippen LogP contribution in [0.5, 0.6) is 0 Å². The van der Waals surface area contributed by atoms with Crippen LogP contribution in [0.25, 0.3) is 21.8 Å². The van der Waals surface area contributed by atoms with Gasteiger partial charge < -0.3 is 14.3 Å². The number of oxazole rings is 1. The van der Waals surface area contributed by atoms with Gasteiger partial charge in [0.25, 0.3) is 0 Å². The van der Waals surface area contributed by atoms with Crippen molar-refractivity contribution < 1.29 is 9.21 Å². The molecule has 0 bridgehead atoms. The number of carbonyl (C=O) groups is 1. The number of rotatable bonds is 7. The van der Waals surface area contributed by atoms with Gasteiger partial charge in [-0.1, -0.05) is 18.2 Å². The maximum Gasteiger partial charge on any atom is 0.236 e. The van der Waals surface area contributed by atoms with Gasteiger partial charge in [0.05, 0.1) is 28.0 Å². The molecular formula is C21H22N4O2S. The first-order valence-corrected chi connectivity index (χ1v) is 10.2. The Morgan fingerprint density at radius 2 is 2.04 bits per heavy atom. The molecular weight excluding hydrogens is 372 g/mol. The molecule has 0 aliphatic heterocycles. The minimum atomic E-state index is -0.0404. The maximum absolute atomic E-state index is 12.3. The predicted molar refractivity (Wildman–Crippen MR) is 110 cm³/mol. The minimum absolute atomic E-state index is 0.0404. The van der Waals surface area contributed by atoms with Crippen molar-refractivity contribution in [3.8, 4) is 10.8 Å². The van der Waals surface area contributed by atoms with Gasteiger partial charge in [0, 0.05) is 13.1 Å². The van der Waals surface area contributed by atoms with E-state index in [2.05, 4.69) is 25.9 Å². The standard InChI is InChI=1S/C21H22N4O2S/c1-14-17(24-21(27-14)19-9-5-12-28-19)13-20(26)22-10-6-11-25-15(2)23-16-7-3-4-8-18(16)25/h3-5,7-9,12H,6,10-11,13H2,1-2H3,(H,22,26). The Bertz CT molecular complexity index is 1100. The van der Waals surface area contributed by atoms with E-state index in [1.165, 1.54) is 0 Å². The fourth-order valence-electron chi connectivity index (χ4n) is 3.26. The third-order valence-corrected chi connectivity index (χ3v) is 5.54. The summed E-state index contributed by atoms with van der Waals surface area (Å²) in [5.41, 5.74) is 2.83. The molecule has 0 atom stereocenters. The lowest BCUT2D eigenvalue weighted by atomic mass is 10.2. The summed E-state index contributed by atoms with van der Waals surface area (Å²) in [5.74, 6) is 2.23. The third-order valence-electron chi connectivity index (χ3n) is 4.68. The molecule has 1 amide bonds. The first-order valence-electron chi connectivity index (χ1n) is 9.30. The number of nitrogens with one attached hydrogen (secondary N) is 1. The summed E-state index contributed by atoms with van der Waals surface area (Å²) in [6.07, 6.45) is 1.07. The van der Waals surface area contributed by atoms with Crippen molar-refractivity contribution in [2.24, 2.45) is 0 Å². The quantitative estimate of drug-likeness (QED) is 0.479. The van der Waals surface area contributed by atoms with Gasteiger partial charge in [-0.3, -0.25) is 4.79 Å². The van der Waals surface area contributed by atoms with E-state index in [0.717, 1.165) is 34.7 Å². The predicted octanol–water partition coefficient (Wildman–Crippen LogP) is 4.12. The van der Waals surface area contributed by atoms with E-state index >= 15 is 0 Å². The number of hydrogen-bond acceptors (Lipinski definition) is 5. The second-order valence-electron chi connectivity index (χ2n) is 6.68. The molecule has 3 aromatic heterocycles. The average molecular weight is 395 g/mol. The number of aromatic nitrogens is 3. The summed E-state index contributed by atoms with van der Waals surface area (Å²) in [7, 11) is 0. The zero-order valence-electron chi connectivity index (χ0n) is 15.9. The van der Waals surface area contributed by atoms with Crippen LogP contribution in [0.3, 0.4) is 0 Å². The Balaban J connectivity index is 1.30. The molecule has 144 valence electrons. The zero-order chi connectivity index (χ0) is 19.5. The highest BCUT2D eigenvalue weighted by Gasteiger charge is 2.15. The average Bonchev–Trinajstić information content (AvgIpc) is 3.39. The van der Waals surface area contributed by atoms with Gasteiger partial charge in [0.2, 0.25) is 11.8 Å². The molecule has 7 heteroatoms. The van der Waals surface area contributed by atoms with E-state index in [0.29, 0.717) is 23.9 Å². The summed E-state index contributed by atoms with van der Waals surface area (Å²) in [5, 5.41) is 4.96. The zero-order valence-corrected chi connectivity index (χ0v) is 16.8. The molecule has 0 saturated heterocycles. The molecule has 0 radical (unpaired) electrons. The van der Waals surface area contributed by atoms with E-state index in [-0.39, 0.29) is 12.3 Å². The summed E-state index contributed by atoms with van der Waals surface area (Å²) in [4.78, 5) is 22.3. The SMILES string of the molecule is Cc1oc(-c2cccs2)nc1CC(=O)NCCCn1c(C)nc2ccccc21. The fraction of sp³-hybridized carbons (Fsp3) is 0.286. The van der Waals surface area contributed by atoms with Crippen molar-refractivity contribution in [3.63, 3.8) is 0 Å². The van der Waals surface area contributed by atoms with Crippen LogP contribution in [0.15, 0.2) is 46.2 Å². The highest BCUT2D eigenvalue weighted by atomic mass is 32.1. The summed E-state index contributed by atoms with van der Waals surface area (Å²) in [6, 6.07) is 12.0. The van der Waals surface area contributed by atoms with Crippen molar-refractivity contribution in [2.45, 2.75) is 33.2 Å². The molecule has 0 aliphatic carbocycles. The first-order chi connectivity index (χ1) is 13.6. The summed E-state index contributed by atoms with van der Waals surface area (Å²) in [6.45, 7) is 5.29. The van der Waals surface area contributed by atoms with Crippen LogP contribution >= 0.6 is 11.3 Å². The number of para-hydroxylation sites is 2. The maximum atomic E-state index is 12.3. The van der Waals surface area contributed by atoms with Crippen molar-refractivity contribution in [1.29, 1.82) is 0 Å². The van der Waals surface area contributed by atoms with Crippen LogP contribution in [0.4, 0.5) is 0 Å². The van der Waals surface area contributed by atoms with Gasteiger partial charge in [0.1, 0.15) is 11.6 Å². The molecule has 4 aromatic rings. The largest absolute Gasteiger partial charge is 0.440 e. The van der Waals surface area contributed by atoms with Crippen molar-refractivity contribution in [1.82, 2.24) is 19.9 Å². The van der Waals surface area contributed by atoms with E-state index in [1.807, 2.05) is 49.6 Å². The first kappa shape index (κ1) is 18.4. The second-order valence-corrected chi connectivity index (χ2v) is 7.63. The van der Waals surface area contributed by atoms with Crippen LogP contribution in [0.1, 0.15) is 23.7 Å². The highest BCUT2D eigenvalue weighted by molar-refractivity contribution is 7.13. The number of thiophene rings is 1. The van der Waals surface area contributed by atoms with Gasteiger partial charge >= 0.3 is 0 Å². The smallest absolute Gasteiger partial charge is 0.236 e. The van der Waals surface area contributed by atoms with Crippen LogP contribution < -0.4 is 5.32 Å². The highest BCUT2D eigenvalue weighted by Crippen LogP contribution is 2.26. The van der Waals surface area contributed by atoms with Crippen LogP contribution in [0.2, 0.25) is 0 Å². The lowest BCUT2D eigenvalue weighted by molar-refractivity contribution is -0.120. The Kier molecular flexibility index (Phi) is 5.25. The van der Waals surface area contributed by atoms with Gasteiger partial charge in [-0.05, 0) is 43.8 Å². The Labute approximate surface area is 167 Å². The molecule has 1 N–H and O–H groups in total. The third kappa shape index (κ3) is 3.84. The number of hydrogen-bond donors (Lipinski definition) is 1. The number of carbonyl (C=O) groups excluding carboxylic acids is 1. The number of fused-ring (bicyclic) bond motifs is 1. The Morgan fingerprint density at radius 3 is 2.86 bits per heavy atom. The summed E-state index contributed by atoms with van der Waals surface area (Å²) < 4.78 is 7.89. The van der Waals surface area contributed by atoms with Gasteiger partial charge in [-0.15, -0.1) is 11.3 Å². The Morgan fingerprint density at radius 1 is 1.18 bits per heavy atom. The number of nitrogens with zero attached hydrogens (tertiary/aromatic N) is 3. The van der Waals surface area contributed by atoms with E-state index in [4.69, 9.17) is 4.42 Å². The van der Waals surface area contributed by atoms with Gasteiger partial charge in [-0.2, -0.15) is 0 Å². The van der Waals surface area contributed by atoms with Crippen LogP contribution in [0, 0.1) is 13.8 Å². The molecule has 0 fully saturated rings. The van der Waals surface area contributed by atoms with Crippen molar-refractivity contribution in [3.05, 3.63) is 59.1 Å². The summed E-state index contributed by atoms with van der Waals surface area (Å²) >= 11 is 1.57. The molecule has 0 saturated carbocycles. The molecule has 4 rings (SSSR count). The monoisotopic (exact) mass is 394 g/mol. The molecule has 0 unspecified atom stereocenters. The lowest BCUT2D eigenvalue weighted by Gasteiger charge is -2.08. The van der Waals surface area contributed by atoms with E-state index in [1.54, 1.807) is 11.3 Å². The van der Waals surface area contributed by atoms with E-state index < -0.39 is 0 Å². The Hall–Kier alpha value is -2.93. The van der Waals surface area contributed by atoms with Crippen LogP contribution in [-0.4, -0.2) is 27.0 Å². The molecule has 28 heavy (non-hydrogen) atoms. The van der Waals surface area contributed by atoms with Crippen molar-refractivity contribution in [2.75, 3.05) is 6.54 Å². The van der Waals surface area contributed by atoms with Crippen LogP contribution in [-0.2, 0) is 17.8 Å². The lowest BCUT2D eigenvalue weighted by Crippen LogP contribution is -2.27. The number of amides is 1. The van der Waals surface area contributed by atoms with Gasteiger partial charge in [0.15, 0.2) is 0 Å². The number of imidazole rings is 1. The van der Waals surface area contributed by atoms with E-state index in [9.17, 15) is 4.79 Å². The number of aryl methyl sites for hydroxylation is 3. The molecule has 1 aromatic carbocycles. The minimum Gasteiger partial charge on any atom is -0.440 e. The topological polar surface area (TPSA) is 73.0 Å². The molecule has 6 nitrogen and oxygen atoms in total. The second kappa shape index (κ2) is 7.98. The molecule has 0 aliphatic rings. The molecule has 3 heterocycles. The van der Waals surface area contributed by atoms with Crippen molar-refractivity contribution >= 4 is 28.3 Å². The molecule has 0 spiro atoms.